The number of halogens is 1. The average Bonchev–Trinajstić information content (AvgIpc) is 2.93. The van der Waals surface area contributed by atoms with Gasteiger partial charge in [0.25, 0.3) is 0 Å². The van der Waals surface area contributed by atoms with Gasteiger partial charge in [0.15, 0.2) is 0 Å². The van der Waals surface area contributed by atoms with Gasteiger partial charge < -0.3 is 14.7 Å². The molecule has 1 spiro atoms. The molecule has 1 heterocycles. The van der Waals surface area contributed by atoms with Crippen molar-refractivity contribution in [2.45, 2.75) is 56.8 Å². The van der Waals surface area contributed by atoms with E-state index < -0.39 is 11.9 Å². The SMILES string of the molecule is C=CCCCCN1C[C@@]2(CCCc3cc(Cl)ccc32)COc2ccc(C(C)C(=O)O)cc21. The quantitative estimate of drug-likeness (QED) is 0.391. The Morgan fingerprint density at radius 1 is 1.31 bits per heavy atom. The summed E-state index contributed by atoms with van der Waals surface area (Å²) in [5.41, 5.74) is 4.38. The summed E-state index contributed by atoms with van der Waals surface area (Å²) in [6, 6.07) is 12.1. The van der Waals surface area contributed by atoms with E-state index in [4.69, 9.17) is 16.3 Å². The van der Waals surface area contributed by atoms with E-state index in [2.05, 4.69) is 23.6 Å². The molecule has 2 atom stereocenters. The third-order valence-electron chi connectivity index (χ3n) is 7.02. The van der Waals surface area contributed by atoms with Gasteiger partial charge in [-0.3, -0.25) is 4.79 Å². The molecule has 0 aromatic heterocycles. The molecular weight excluding hydrogens is 422 g/mol. The van der Waals surface area contributed by atoms with Crippen LogP contribution in [-0.4, -0.2) is 30.8 Å². The summed E-state index contributed by atoms with van der Waals surface area (Å²) >= 11 is 6.31. The lowest BCUT2D eigenvalue weighted by molar-refractivity contribution is -0.138. The van der Waals surface area contributed by atoms with Gasteiger partial charge in [-0.15, -0.1) is 6.58 Å². The minimum atomic E-state index is -0.813. The normalized spacial score (nSPS) is 20.6. The second-order valence-corrected chi connectivity index (χ2v) is 9.65. The Morgan fingerprint density at radius 3 is 2.94 bits per heavy atom. The van der Waals surface area contributed by atoms with Crippen LogP contribution in [0, 0.1) is 0 Å². The van der Waals surface area contributed by atoms with Gasteiger partial charge in [-0.25, -0.2) is 0 Å². The van der Waals surface area contributed by atoms with Crippen LogP contribution in [0.4, 0.5) is 5.69 Å². The van der Waals surface area contributed by atoms with Crippen molar-refractivity contribution in [2.75, 3.05) is 24.6 Å². The fraction of sp³-hybridized carbons (Fsp3) is 0.444. The number of anilines is 1. The molecule has 0 saturated heterocycles. The molecule has 1 N–H and O–H groups in total. The standard InChI is InChI=1S/C27H32ClNO3/c1-3-4-5-6-14-29-17-27(13-7-8-21-15-22(28)10-11-23(21)27)18-32-25-12-9-20(16-24(25)29)19(2)26(30)31/h3,9-12,15-16,19H,1,4-8,13-14,17-18H2,2H3,(H,30,31)/t19?,27-/m0/s1. The Balaban J connectivity index is 1.72. The van der Waals surface area contributed by atoms with Gasteiger partial charge in [0, 0.05) is 23.5 Å². The second-order valence-electron chi connectivity index (χ2n) is 9.22. The third-order valence-corrected chi connectivity index (χ3v) is 7.25. The molecule has 2 aliphatic rings. The number of aryl methyl sites for hydroxylation is 1. The van der Waals surface area contributed by atoms with Gasteiger partial charge in [-0.2, -0.15) is 0 Å². The fourth-order valence-corrected chi connectivity index (χ4v) is 5.37. The van der Waals surface area contributed by atoms with Gasteiger partial charge in [0.05, 0.1) is 18.2 Å². The number of ether oxygens (including phenoxy) is 1. The number of carboxylic acids is 1. The molecule has 1 aliphatic carbocycles. The first-order chi connectivity index (χ1) is 15.4. The highest BCUT2D eigenvalue weighted by Gasteiger charge is 2.41. The summed E-state index contributed by atoms with van der Waals surface area (Å²) in [7, 11) is 0. The Kier molecular flexibility index (Phi) is 6.80. The lowest BCUT2D eigenvalue weighted by Gasteiger charge is -2.41. The Morgan fingerprint density at radius 2 is 2.16 bits per heavy atom. The molecule has 4 rings (SSSR count). The lowest BCUT2D eigenvalue weighted by Crippen LogP contribution is -2.46. The van der Waals surface area contributed by atoms with E-state index in [0.717, 1.165) is 73.6 Å². The fourth-order valence-electron chi connectivity index (χ4n) is 5.17. The van der Waals surface area contributed by atoms with Gasteiger partial charge in [0.1, 0.15) is 5.75 Å². The van der Waals surface area contributed by atoms with Gasteiger partial charge in [0.2, 0.25) is 0 Å². The number of carboxylic acid groups (broad SMARTS) is 1. The number of aliphatic carboxylic acids is 1. The van der Waals surface area contributed by atoms with Crippen molar-refractivity contribution in [1.29, 1.82) is 0 Å². The van der Waals surface area contributed by atoms with Gasteiger partial charge in [-0.05, 0) is 86.4 Å². The largest absolute Gasteiger partial charge is 0.490 e. The number of nitrogens with zero attached hydrogens (tertiary/aromatic N) is 1. The monoisotopic (exact) mass is 453 g/mol. The molecule has 4 nitrogen and oxygen atoms in total. The molecule has 2 aromatic rings. The van der Waals surface area contributed by atoms with Crippen LogP contribution in [0.3, 0.4) is 0 Å². The van der Waals surface area contributed by atoms with Gasteiger partial charge in [-0.1, -0.05) is 29.8 Å². The first kappa shape index (κ1) is 22.7. The number of carbonyl (C=O) groups is 1. The van der Waals surface area contributed by atoms with Crippen molar-refractivity contribution in [3.63, 3.8) is 0 Å². The van der Waals surface area contributed by atoms with E-state index in [1.54, 1.807) is 6.92 Å². The highest BCUT2D eigenvalue weighted by molar-refractivity contribution is 6.30. The Hall–Kier alpha value is -2.46. The molecule has 170 valence electrons. The maximum Gasteiger partial charge on any atom is 0.310 e. The van der Waals surface area contributed by atoms with Crippen molar-refractivity contribution in [1.82, 2.24) is 0 Å². The first-order valence-corrected chi connectivity index (χ1v) is 12.0. The molecular formula is C27H32ClNO3. The summed E-state index contributed by atoms with van der Waals surface area (Å²) in [5.74, 6) is -0.530. The van der Waals surface area contributed by atoms with Crippen LogP contribution in [0.2, 0.25) is 5.02 Å². The molecule has 1 aliphatic heterocycles. The van der Waals surface area contributed by atoms with E-state index in [1.807, 2.05) is 30.3 Å². The summed E-state index contributed by atoms with van der Waals surface area (Å²) in [6.45, 7) is 7.95. The van der Waals surface area contributed by atoms with Crippen molar-refractivity contribution >= 4 is 23.3 Å². The highest BCUT2D eigenvalue weighted by Crippen LogP contribution is 2.45. The van der Waals surface area contributed by atoms with E-state index in [9.17, 15) is 9.90 Å². The maximum atomic E-state index is 11.6. The molecule has 2 aromatic carbocycles. The van der Waals surface area contributed by atoms with Crippen molar-refractivity contribution in [3.8, 4) is 5.75 Å². The predicted molar refractivity (Wildman–Crippen MR) is 130 cm³/mol. The average molecular weight is 454 g/mol. The number of allylic oxidation sites excluding steroid dienone is 1. The summed E-state index contributed by atoms with van der Waals surface area (Å²) in [4.78, 5) is 14.0. The van der Waals surface area contributed by atoms with Crippen LogP contribution in [0.5, 0.6) is 5.75 Å². The zero-order valence-electron chi connectivity index (χ0n) is 18.8. The topological polar surface area (TPSA) is 49.8 Å². The molecule has 1 unspecified atom stereocenters. The molecule has 0 amide bonds. The minimum Gasteiger partial charge on any atom is -0.490 e. The third kappa shape index (κ3) is 4.52. The molecule has 5 heteroatoms. The van der Waals surface area contributed by atoms with E-state index >= 15 is 0 Å². The molecule has 0 radical (unpaired) electrons. The number of benzene rings is 2. The molecule has 0 bridgehead atoms. The zero-order valence-corrected chi connectivity index (χ0v) is 19.5. The number of rotatable bonds is 7. The number of hydrogen-bond acceptors (Lipinski definition) is 3. The van der Waals surface area contributed by atoms with E-state index in [-0.39, 0.29) is 5.41 Å². The van der Waals surface area contributed by atoms with Crippen LogP contribution < -0.4 is 9.64 Å². The summed E-state index contributed by atoms with van der Waals surface area (Å²) in [6.07, 6.45) is 8.32. The zero-order chi connectivity index (χ0) is 22.7. The highest BCUT2D eigenvalue weighted by atomic mass is 35.5. The Labute approximate surface area is 195 Å². The van der Waals surface area contributed by atoms with Crippen LogP contribution >= 0.6 is 11.6 Å². The molecule has 0 saturated carbocycles. The number of fused-ring (bicyclic) bond motifs is 3. The number of hydrogen-bond donors (Lipinski definition) is 1. The van der Waals surface area contributed by atoms with Crippen molar-refractivity contribution in [3.05, 3.63) is 70.8 Å². The van der Waals surface area contributed by atoms with E-state index in [0.29, 0.717) is 6.61 Å². The van der Waals surface area contributed by atoms with Crippen LogP contribution in [0.25, 0.3) is 0 Å². The van der Waals surface area contributed by atoms with Crippen LogP contribution in [0.15, 0.2) is 49.1 Å². The van der Waals surface area contributed by atoms with Crippen molar-refractivity contribution in [2.24, 2.45) is 0 Å². The molecule has 0 fully saturated rings. The number of unbranched alkanes of at least 4 members (excludes halogenated alkanes) is 2. The predicted octanol–water partition coefficient (Wildman–Crippen LogP) is 6.36. The second kappa shape index (κ2) is 9.58. The smallest absolute Gasteiger partial charge is 0.310 e. The first-order valence-electron chi connectivity index (χ1n) is 11.6. The van der Waals surface area contributed by atoms with Crippen molar-refractivity contribution < 1.29 is 14.6 Å². The Bertz CT molecular complexity index is 1000. The van der Waals surface area contributed by atoms with Crippen LogP contribution in [0.1, 0.15) is 61.6 Å². The summed E-state index contributed by atoms with van der Waals surface area (Å²) < 4.78 is 6.44. The van der Waals surface area contributed by atoms with Crippen LogP contribution in [-0.2, 0) is 16.6 Å². The lowest BCUT2D eigenvalue weighted by atomic mass is 9.70. The molecule has 32 heavy (non-hydrogen) atoms. The maximum absolute atomic E-state index is 11.6. The summed E-state index contributed by atoms with van der Waals surface area (Å²) in [5, 5.41) is 10.3. The van der Waals surface area contributed by atoms with Gasteiger partial charge >= 0.3 is 5.97 Å². The minimum absolute atomic E-state index is 0.103. The van der Waals surface area contributed by atoms with E-state index in [1.165, 1.54) is 11.1 Å².